The van der Waals surface area contributed by atoms with Gasteiger partial charge >= 0.3 is 5.97 Å². The van der Waals surface area contributed by atoms with Crippen molar-refractivity contribution in [2.75, 3.05) is 11.5 Å². The maximum absolute atomic E-state index is 12.2. The molecule has 0 aliphatic rings. The van der Waals surface area contributed by atoms with Gasteiger partial charge in [0.2, 0.25) is 11.9 Å². The number of nitrogen functional groups attached to an aromatic ring is 2. The number of nitrogens with two attached hydrogens (primary N) is 2. The van der Waals surface area contributed by atoms with Gasteiger partial charge in [0.05, 0.1) is 11.9 Å². The van der Waals surface area contributed by atoms with Crippen LogP contribution in [0.3, 0.4) is 0 Å². The van der Waals surface area contributed by atoms with E-state index in [1.807, 2.05) is 30.3 Å². The van der Waals surface area contributed by atoms with E-state index in [4.69, 9.17) is 16.2 Å². The molecule has 0 atom stereocenters. The fraction of sp³-hybridized carbons (Fsp3) is 0.0714. The Labute approximate surface area is 130 Å². The highest BCUT2D eigenvalue weighted by atomic mass is 16.5. The summed E-state index contributed by atoms with van der Waals surface area (Å²) in [5, 5.41) is 6.68. The molecule has 0 bridgehead atoms. The molecule has 0 aliphatic heterocycles. The van der Waals surface area contributed by atoms with Gasteiger partial charge < -0.3 is 16.2 Å². The number of nitrogens with one attached hydrogen (secondary N) is 1. The van der Waals surface area contributed by atoms with Crippen LogP contribution in [-0.2, 0) is 11.3 Å². The van der Waals surface area contributed by atoms with Gasteiger partial charge in [0, 0.05) is 5.56 Å². The molecule has 3 aromatic rings. The van der Waals surface area contributed by atoms with E-state index in [0.717, 1.165) is 5.56 Å². The summed E-state index contributed by atoms with van der Waals surface area (Å²) in [4.78, 5) is 23.6. The summed E-state index contributed by atoms with van der Waals surface area (Å²) in [5.74, 6) is -0.447. The summed E-state index contributed by atoms with van der Waals surface area (Å²) in [7, 11) is 0. The van der Waals surface area contributed by atoms with Crippen molar-refractivity contribution >= 4 is 17.9 Å². The lowest BCUT2D eigenvalue weighted by molar-refractivity contribution is 0.0463. The number of benzene rings is 1. The molecule has 116 valence electrons. The third-order valence-corrected chi connectivity index (χ3v) is 2.97. The van der Waals surface area contributed by atoms with Gasteiger partial charge in [-0.25, -0.2) is 4.79 Å². The van der Waals surface area contributed by atoms with Crippen molar-refractivity contribution in [1.29, 1.82) is 0 Å². The first-order valence-electron chi connectivity index (χ1n) is 6.65. The zero-order valence-corrected chi connectivity index (χ0v) is 11.9. The lowest BCUT2D eigenvalue weighted by Gasteiger charge is -2.05. The standard InChI is InChI=1S/C14H13N7O2/c15-13-18-10(19-14(16)20-13)7-23-12(22)9-6-17-21-11(9)8-4-2-1-3-5-8/h1-6H,7H2,(H,17,21)(H4,15,16,18,19,20). The second-order valence-corrected chi connectivity index (χ2v) is 4.57. The zero-order valence-electron chi connectivity index (χ0n) is 11.9. The van der Waals surface area contributed by atoms with Gasteiger partial charge in [-0.3, -0.25) is 5.10 Å². The Kier molecular flexibility index (Phi) is 3.83. The molecule has 23 heavy (non-hydrogen) atoms. The van der Waals surface area contributed by atoms with E-state index in [9.17, 15) is 4.79 Å². The van der Waals surface area contributed by atoms with Crippen LogP contribution in [0, 0.1) is 0 Å². The molecule has 0 saturated carbocycles. The smallest absolute Gasteiger partial charge is 0.342 e. The first-order valence-corrected chi connectivity index (χ1v) is 6.65. The number of ether oxygens (including phenoxy) is 1. The van der Waals surface area contributed by atoms with Crippen LogP contribution in [0.15, 0.2) is 36.5 Å². The molecular formula is C14H13N7O2. The van der Waals surface area contributed by atoms with E-state index in [2.05, 4.69) is 25.1 Å². The van der Waals surface area contributed by atoms with Crippen molar-refractivity contribution in [2.24, 2.45) is 0 Å². The molecule has 0 amide bonds. The molecule has 0 spiro atoms. The van der Waals surface area contributed by atoms with Gasteiger partial charge in [-0.05, 0) is 0 Å². The van der Waals surface area contributed by atoms with Crippen molar-refractivity contribution in [2.45, 2.75) is 6.61 Å². The Balaban J connectivity index is 1.76. The molecule has 9 nitrogen and oxygen atoms in total. The third-order valence-electron chi connectivity index (χ3n) is 2.97. The van der Waals surface area contributed by atoms with Crippen LogP contribution in [0.2, 0.25) is 0 Å². The number of carbonyl (C=O) groups excluding carboxylic acids is 1. The maximum atomic E-state index is 12.2. The van der Waals surface area contributed by atoms with Gasteiger partial charge in [-0.2, -0.15) is 20.1 Å². The summed E-state index contributed by atoms with van der Waals surface area (Å²) < 4.78 is 5.18. The lowest BCUT2D eigenvalue weighted by Crippen LogP contribution is -2.11. The normalized spacial score (nSPS) is 10.4. The van der Waals surface area contributed by atoms with Crippen LogP contribution in [0.4, 0.5) is 11.9 Å². The summed E-state index contributed by atoms with van der Waals surface area (Å²) in [5.41, 5.74) is 12.6. The van der Waals surface area contributed by atoms with Crippen molar-refractivity contribution in [1.82, 2.24) is 25.1 Å². The Hall–Kier alpha value is -3.49. The lowest BCUT2D eigenvalue weighted by atomic mass is 10.1. The van der Waals surface area contributed by atoms with E-state index in [-0.39, 0.29) is 24.3 Å². The quantitative estimate of drug-likeness (QED) is 0.599. The highest BCUT2D eigenvalue weighted by Crippen LogP contribution is 2.21. The van der Waals surface area contributed by atoms with Gasteiger partial charge in [0.15, 0.2) is 12.4 Å². The molecule has 2 heterocycles. The van der Waals surface area contributed by atoms with Crippen molar-refractivity contribution in [3.05, 3.63) is 47.9 Å². The summed E-state index contributed by atoms with van der Waals surface area (Å²) in [6, 6.07) is 9.33. The van der Waals surface area contributed by atoms with E-state index in [1.54, 1.807) is 0 Å². The van der Waals surface area contributed by atoms with E-state index in [1.165, 1.54) is 6.20 Å². The fourth-order valence-corrected chi connectivity index (χ4v) is 2.00. The maximum Gasteiger partial charge on any atom is 0.342 e. The second-order valence-electron chi connectivity index (χ2n) is 4.57. The predicted molar refractivity (Wildman–Crippen MR) is 81.8 cm³/mol. The highest BCUT2D eigenvalue weighted by Gasteiger charge is 2.17. The Morgan fingerprint density at radius 3 is 2.48 bits per heavy atom. The number of aromatic amines is 1. The fourth-order valence-electron chi connectivity index (χ4n) is 2.00. The molecule has 9 heteroatoms. The molecule has 5 N–H and O–H groups in total. The largest absolute Gasteiger partial charge is 0.454 e. The summed E-state index contributed by atoms with van der Waals surface area (Å²) >= 11 is 0. The number of H-pyrrole nitrogens is 1. The number of carbonyl (C=O) groups is 1. The molecule has 3 rings (SSSR count). The highest BCUT2D eigenvalue weighted by molar-refractivity contribution is 5.95. The topological polar surface area (TPSA) is 146 Å². The number of nitrogens with zero attached hydrogens (tertiary/aromatic N) is 4. The Morgan fingerprint density at radius 1 is 1.09 bits per heavy atom. The van der Waals surface area contributed by atoms with Gasteiger partial charge in [0.1, 0.15) is 5.56 Å². The van der Waals surface area contributed by atoms with Crippen molar-refractivity contribution in [3.63, 3.8) is 0 Å². The molecule has 0 saturated heterocycles. The number of rotatable bonds is 4. The van der Waals surface area contributed by atoms with Gasteiger partial charge in [0.25, 0.3) is 0 Å². The molecule has 0 radical (unpaired) electrons. The molecule has 2 aromatic heterocycles. The third kappa shape index (κ3) is 3.23. The molecule has 0 aliphatic carbocycles. The average molecular weight is 311 g/mol. The number of aromatic nitrogens is 5. The number of anilines is 2. The second kappa shape index (κ2) is 6.10. The zero-order chi connectivity index (χ0) is 16.2. The first kappa shape index (κ1) is 14.4. The minimum atomic E-state index is -0.560. The van der Waals surface area contributed by atoms with Crippen LogP contribution in [0.5, 0.6) is 0 Å². The number of hydrogen-bond donors (Lipinski definition) is 3. The van der Waals surface area contributed by atoms with Gasteiger partial charge in [-0.1, -0.05) is 30.3 Å². The predicted octanol–water partition coefficient (Wildman–Crippen LogP) is 0.783. The van der Waals surface area contributed by atoms with Crippen LogP contribution < -0.4 is 11.5 Å². The average Bonchev–Trinajstić information content (AvgIpc) is 3.02. The SMILES string of the molecule is Nc1nc(N)nc(COC(=O)c2cn[nH]c2-c2ccccc2)n1. The van der Waals surface area contributed by atoms with Gasteiger partial charge in [-0.15, -0.1) is 0 Å². The Bertz CT molecular complexity index is 812. The number of esters is 1. The Morgan fingerprint density at radius 2 is 1.78 bits per heavy atom. The minimum Gasteiger partial charge on any atom is -0.454 e. The molecular weight excluding hydrogens is 298 g/mol. The monoisotopic (exact) mass is 311 g/mol. The van der Waals surface area contributed by atoms with E-state index >= 15 is 0 Å². The molecule has 1 aromatic carbocycles. The number of hydrogen-bond acceptors (Lipinski definition) is 8. The van der Waals surface area contributed by atoms with E-state index < -0.39 is 5.97 Å². The van der Waals surface area contributed by atoms with E-state index in [0.29, 0.717) is 11.3 Å². The van der Waals surface area contributed by atoms with Crippen molar-refractivity contribution < 1.29 is 9.53 Å². The molecule has 0 fully saturated rings. The summed E-state index contributed by atoms with van der Waals surface area (Å²) in [6.07, 6.45) is 1.40. The van der Waals surface area contributed by atoms with Crippen LogP contribution >= 0.6 is 0 Å². The van der Waals surface area contributed by atoms with Crippen LogP contribution in [0.25, 0.3) is 11.3 Å². The van der Waals surface area contributed by atoms with Crippen molar-refractivity contribution in [3.8, 4) is 11.3 Å². The molecule has 0 unspecified atom stereocenters. The minimum absolute atomic E-state index is 0.0307. The van der Waals surface area contributed by atoms with Crippen LogP contribution in [0.1, 0.15) is 16.2 Å². The van der Waals surface area contributed by atoms with Crippen LogP contribution in [-0.4, -0.2) is 31.1 Å². The first-order chi connectivity index (χ1) is 11.1. The summed E-state index contributed by atoms with van der Waals surface area (Å²) in [6.45, 7) is -0.171.